The molecule has 0 bridgehead atoms. The molecule has 1 aliphatic rings. The highest BCUT2D eigenvalue weighted by Crippen LogP contribution is 2.24. The predicted molar refractivity (Wildman–Crippen MR) is 102 cm³/mol. The van der Waals surface area contributed by atoms with Crippen LogP contribution in [0.3, 0.4) is 0 Å². The van der Waals surface area contributed by atoms with E-state index in [0.717, 1.165) is 42.4 Å². The number of hydrogen-bond donors (Lipinski definition) is 1. The van der Waals surface area contributed by atoms with E-state index in [0.29, 0.717) is 5.89 Å². The molecule has 1 heterocycles. The van der Waals surface area contributed by atoms with Crippen molar-refractivity contribution in [3.05, 3.63) is 65.0 Å². The van der Waals surface area contributed by atoms with Crippen LogP contribution in [-0.4, -0.2) is 18.6 Å². The van der Waals surface area contributed by atoms with Gasteiger partial charge in [0.25, 0.3) is 0 Å². The first-order valence-corrected chi connectivity index (χ1v) is 10.5. The Morgan fingerprint density at radius 1 is 1.04 bits per heavy atom. The molecule has 7 heteroatoms. The fraction of sp³-hybridized carbons (Fsp3) is 0.300. The molecule has 0 unspecified atom stereocenters. The lowest BCUT2D eigenvalue weighted by Gasteiger charge is -2.16. The molecule has 0 saturated heterocycles. The summed E-state index contributed by atoms with van der Waals surface area (Å²) in [5, 5.41) is 7.95. The molecule has 0 aliphatic heterocycles. The van der Waals surface area contributed by atoms with Crippen LogP contribution in [0.1, 0.15) is 35.4 Å². The quantitative estimate of drug-likeness (QED) is 0.730. The van der Waals surface area contributed by atoms with Crippen molar-refractivity contribution >= 4 is 10.0 Å². The average molecular weight is 383 g/mol. The van der Waals surface area contributed by atoms with Crippen LogP contribution in [0.5, 0.6) is 0 Å². The number of fused-ring (bicyclic) bond motifs is 1. The summed E-state index contributed by atoms with van der Waals surface area (Å²) < 4.78 is 33.4. The second-order valence-corrected chi connectivity index (χ2v) is 8.60. The van der Waals surface area contributed by atoms with Crippen molar-refractivity contribution in [2.24, 2.45) is 0 Å². The second kappa shape index (κ2) is 7.25. The lowest BCUT2D eigenvalue weighted by molar-refractivity contribution is 0.494. The number of sulfonamides is 1. The summed E-state index contributed by atoms with van der Waals surface area (Å²) in [6.07, 6.45) is 4.22. The molecule has 1 aromatic heterocycles. The van der Waals surface area contributed by atoms with Gasteiger partial charge in [0.05, 0.1) is 11.4 Å². The average Bonchev–Trinajstić information content (AvgIpc) is 3.15. The molecule has 4 rings (SSSR count). The van der Waals surface area contributed by atoms with Gasteiger partial charge >= 0.3 is 0 Å². The van der Waals surface area contributed by atoms with Crippen molar-refractivity contribution in [1.82, 2.24) is 14.9 Å². The van der Waals surface area contributed by atoms with E-state index in [9.17, 15) is 8.42 Å². The summed E-state index contributed by atoms with van der Waals surface area (Å²) in [6.45, 7) is 1.94. The van der Waals surface area contributed by atoms with Gasteiger partial charge in [0.1, 0.15) is 0 Å². The molecule has 0 atom stereocenters. The van der Waals surface area contributed by atoms with E-state index in [-0.39, 0.29) is 17.3 Å². The maximum absolute atomic E-state index is 12.6. The Morgan fingerprint density at radius 3 is 2.67 bits per heavy atom. The van der Waals surface area contributed by atoms with Crippen LogP contribution < -0.4 is 4.72 Å². The first-order chi connectivity index (χ1) is 13.0. The Kier molecular flexibility index (Phi) is 4.80. The number of nitrogens with one attached hydrogen (secondary N) is 1. The number of benzene rings is 2. The zero-order valence-electron chi connectivity index (χ0n) is 15.1. The van der Waals surface area contributed by atoms with Crippen LogP contribution in [0.25, 0.3) is 11.5 Å². The van der Waals surface area contributed by atoms with Gasteiger partial charge in [0.2, 0.25) is 21.8 Å². The van der Waals surface area contributed by atoms with Crippen LogP contribution in [0.2, 0.25) is 0 Å². The summed E-state index contributed by atoms with van der Waals surface area (Å²) >= 11 is 0. The Morgan fingerprint density at radius 2 is 1.85 bits per heavy atom. The molecule has 0 fully saturated rings. The van der Waals surface area contributed by atoms with E-state index >= 15 is 0 Å². The molecular formula is C20H21N3O3S. The van der Waals surface area contributed by atoms with Gasteiger partial charge in [-0.25, -0.2) is 13.1 Å². The lowest BCUT2D eigenvalue weighted by Crippen LogP contribution is -2.23. The molecule has 0 spiro atoms. The minimum absolute atomic E-state index is 0.0434. The highest BCUT2D eigenvalue weighted by Gasteiger charge is 2.19. The smallest absolute Gasteiger partial charge is 0.247 e. The van der Waals surface area contributed by atoms with Crippen LogP contribution in [-0.2, 0) is 29.4 Å². The van der Waals surface area contributed by atoms with Crippen molar-refractivity contribution in [2.45, 2.75) is 44.0 Å². The van der Waals surface area contributed by atoms with Crippen LogP contribution >= 0.6 is 0 Å². The maximum Gasteiger partial charge on any atom is 0.247 e. The summed E-state index contributed by atoms with van der Waals surface area (Å²) in [4.78, 5) is 0.279. The largest absolute Gasteiger partial charge is 0.419 e. The van der Waals surface area contributed by atoms with Gasteiger partial charge in [-0.2, -0.15) is 0 Å². The number of rotatable bonds is 5. The van der Waals surface area contributed by atoms with Crippen molar-refractivity contribution < 1.29 is 12.8 Å². The molecule has 0 amide bonds. The highest BCUT2D eigenvalue weighted by molar-refractivity contribution is 7.89. The normalized spacial score (nSPS) is 14.1. The number of hydrogen-bond acceptors (Lipinski definition) is 5. The fourth-order valence-electron chi connectivity index (χ4n) is 3.34. The lowest BCUT2D eigenvalue weighted by atomic mass is 9.92. The SMILES string of the molecule is Cc1cccc(-c2nnc(CNS(=O)(=O)c3ccc4c(c3)CCCC4)o2)c1. The third kappa shape index (κ3) is 3.94. The van der Waals surface area contributed by atoms with E-state index in [4.69, 9.17) is 4.42 Å². The Hall–Kier alpha value is -2.51. The third-order valence-electron chi connectivity index (χ3n) is 4.78. The maximum atomic E-state index is 12.6. The van der Waals surface area contributed by atoms with Crippen molar-refractivity contribution in [2.75, 3.05) is 0 Å². The summed E-state index contributed by atoms with van der Waals surface area (Å²) in [5.74, 6) is 0.606. The topological polar surface area (TPSA) is 85.1 Å². The molecule has 27 heavy (non-hydrogen) atoms. The van der Waals surface area contributed by atoms with Gasteiger partial charge < -0.3 is 4.42 Å². The molecular weight excluding hydrogens is 362 g/mol. The van der Waals surface area contributed by atoms with E-state index in [1.54, 1.807) is 12.1 Å². The Bertz CT molecular complexity index is 1070. The standard InChI is InChI=1S/C20H21N3O3S/c1-14-5-4-8-17(11-14)20-23-22-19(26-20)13-21-27(24,25)18-10-9-15-6-2-3-7-16(15)12-18/h4-5,8-12,21H,2-3,6-7,13H2,1H3. The summed E-state index contributed by atoms with van der Waals surface area (Å²) in [7, 11) is -3.63. The molecule has 2 aromatic carbocycles. The van der Waals surface area contributed by atoms with Gasteiger partial charge in [-0.05, 0) is 68.0 Å². The Balaban J connectivity index is 1.48. The molecule has 3 aromatic rings. The van der Waals surface area contributed by atoms with Crippen molar-refractivity contribution in [3.8, 4) is 11.5 Å². The zero-order chi connectivity index (χ0) is 18.9. The predicted octanol–water partition coefficient (Wildman–Crippen LogP) is 3.40. The molecule has 1 aliphatic carbocycles. The highest BCUT2D eigenvalue weighted by atomic mass is 32.2. The van der Waals surface area contributed by atoms with Crippen LogP contribution in [0, 0.1) is 6.92 Å². The van der Waals surface area contributed by atoms with E-state index < -0.39 is 10.0 Å². The molecule has 0 saturated carbocycles. The monoisotopic (exact) mass is 383 g/mol. The fourth-order valence-corrected chi connectivity index (χ4v) is 4.36. The molecule has 6 nitrogen and oxygen atoms in total. The Labute approximate surface area is 158 Å². The van der Waals surface area contributed by atoms with Gasteiger partial charge in [0.15, 0.2) is 0 Å². The molecule has 1 N–H and O–H groups in total. The molecule has 0 radical (unpaired) electrons. The van der Waals surface area contributed by atoms with Crippen LogP contribution in [0.15, 0.2) is 51.8 Å². The van der Waals surface area contributed by atoms with E-state index in [1.165, 1.54) is 5.56 Å². The summed E-state index contributed by atoms with van der Waals surface area (Å²) in [5.41, 5.74) is 4.27. The first-order valence-electron chi connectivity index (χ1n) is 9.02. The van der Waals surface area contributed by atoms with Gasteiger partial charge in [-0.3, -0.25) is 0 Å². The third-order valence-corrected chi connectivity index (χ3v) is 6.17. The minimum Gasteiger partial charge on any atom is -0.419 e. The minimum atomic E-state index is -3.63. The van der Waals surface area contributed by atoms with Gasteiger partial charge in [0, 0.05) is 5.56 Å². The van der Waals surface area contributed by atoms with Gasteiger partial charge in [-0.1, -0.05) is 23.8 Å². The zero-order valence-corrected chi connectivity index (χ0v) is 15.9. The molecule has 140 valence electrons. The summed E-state index contributed by atoms with van der Waals surface area (Å²) in [6, 6.07) is 13.1. The second-order valence-electron chi connectivity index (χ2n) is 6.83. The van der Waals surface area contributed by atoms with Crippen LogP contribution in [0.4, 0.5) is 0 Å². The number of nitrogens with zero attached hydrogens (tertiary/aromatic N) is 2. The number of aromatic nitrogens is 2. The number of aryl methyl sites for hydroxylation is 3. The van der Waals surface area contributed by atoms with Crippen molar-refractivity contribution in [3.63, 3.8) is 0 Å². The first kappa shape index (κ1) is 17.9. The van der Waals surface area contributed by atoms with Gasteiger partial charge in [-0.15, -0.1) is 10.2 Å². The van der Waals surface area contributed by atoms with E-state index in [2.05, 4.69) is 14.9 Å². The van der Waals surface area contributed by atoms with Crippen molar-refractivity contribution in [1.29, 1.82) is 0 Å². The van der Waals surface area contributed by atoms with E-state index in [1.807, 2.05) is 37.3 Å².